The largest absolute Gasteiger partial charge is 0.481 e. The van der Waals surface area contributed by atoms with Gasteiger partial charge in [-0.3, -0.25) is 14.4 Å². The Hall–Kier alpha value is -2.44. The minimum atomic E-state index is -0.909. The van der Waals surface area contributed by atoms with E-state index in [9.17, 15) is 18.8 Å². The lowest BCUT2D eigenvalue weighted by Crippen LogP contribution is -2.49. The number of carboxylic acid groups (broad SMARTS) is 1. The third-order valence-corrected chi connectivity index (χ3v) is 4.94. The topological polar surface area (TPSA) is 77.9 Å². The fraction of sp³-hybridized carbons (Fsp3) is 0.526. The van der Waals surface area contributed by atoms with Crippen molar-refractivity contribution < 1.29 is 23.9 Å². The number of aliphatic carboxylic acids is 1. The number of hydrogen-bond acceptors (Lipinski definition) is 3. The molecule has 2 rings (SSSR count). The average molecular weight is 364 g/mol. The highest BCUT2D eigenvalue weighted by Crippen LogP contribution is 2.26. The summed E-state index contributed by atoms with van der Waals surface area (Å²) in [5, 5.41) is 9.13. The molecule has 26 heavy (non-hydrogen) atoms. The van der Waals surface area contributed by atoms with Gasteiger partial charge in [0.2, 0.25) is 11.8 Å². The number of nitrogens with zero attached hydrogens (tertiary/aromatic N) is 2. The highest BCUT2D eigenvalue weighted by Gasteiger charge is 2.34. The van der Waals surface area contributed by atoms with Crippen molar-refractivity contribution >= 4 is 17.8 Å². The van der Waals surface area contributed by atoms with Crippen molar-refractivity contribution in [1.82, 2.24) is 9.80 Å². The van der Waals surface area contributed by atoms with E-state index in [1.807, 2.05) is 0 Å². The first-order chi connectivity index (χ1) is 12.1. The van der Waals surface area contributed by atoms with Crippen molar-refractivity contribution in [3.8, 4) is 0 Å². The van der Waals surface area contributed by atoms with Gasteiger partial charge in [-0.2, -0.15) is 0 Å². The molecule has 0 aromatic heterocycles. The number of likely N-dealkylation sites (N-methyl/N-ethyl adjacent to an activating group) is 1. The molecule has 1 aromatic carbocycles. The molecule has 0 radical (unpaired) electrons. The predicted octanol–water partition coefficient (Wildman–Crippen LogP) is 1.88. The summed E-state index contributed by atoms with van der Waals surface area (Å²) in [6.07, 6.45) is 1.20. The SMILES string of the molecule is CN(CC(=O)N1CCCC(C(=O)O)C1)C(=O)C(C)(C)c1ccc(F)cc1. The first-order valence-corrected chi connectivity index (χ1v) is 8.65. The number of halogens is 1. The number of rotatable bonds is 5. The zero-order valence-electron chi connectivity index (χ0n) is 15.4. The molecule has 1 aliphatic rings. The lowest BCUT2D eigenvalue weighted by molar-refractivity contribution is -0.148. The Labute approximate surface area is 152 Å². The number of amides is 2. The summed E-state index contributed by atoms with van der Waals surface area (Å²) in [5.74, 6) is -2.35. The van der Waals surface area contributed by atoms with Gasteiger partial charge in [0.05, 0.1) is 17.9 Å². The summed E-state index contributed by atoms with van der Waals surface area (Å²) >= 11 is 0. The first-order valence-electron chi connectivity index (χ1n) is 8.65. The van der Waals surface area contributed by atoms with Crippen LogP contribution in [0.5, 0.6) is 0 Å². The standard InChI is InChI=1S/C19H25FN2O4/c1-19(2,14-6-8-15(20)9-7-14)18(26)21(3)12-16(23)22-10-4-5-13(11-22)17(24)25/h6-9,13H,4-5,10-12H2,1-3H3,(H,24,25). The van der Waals surface area contributed by atoms with Crippen LogP contribution in [0.1, 0.15) is 32.3 Å². The Morgan fingerprint density at radius 2 is 1.88 bits per heavy atom. The van der Waals surface area contributed by atoms with E-state index in [2.05, 4.69) is 0 Å². The fourth-order valence-corrected chi connectivity index (χ4v) is 3.25. The van der Waals surface area contributed by atoms with Crippen LogP contribution in [0, 0.1) is 11.7 Å². The molecule has 142 valence electrons. The van der Waals surface area contributed by atoms with Crippen molar-refractivity contribution in [2.45, 2.75) is 32.1 Å². The molecular weight excluding hydrogens is 339 g/mol. The zero-order valence-corrected chi connectivity index (χ0v) is 15.4. The van der Waals surface area contributed by atoms with E-state index in [0.717, 1.165) is 0 Å². The molecule has 7 heteroatoms. The predicted molar refractivity (Wildman–Crippen MR) is 94.0 cm³/mol. The van der Waals surface area contributed by atoms with E-state index in [4.69, 9.17) is 5.11 Å². The molecule has 0 aliphatic carbocycles. The number of carboxylic acids is 1. The summed E-state index contributed by atoms with van der Waals surface area (Å²) in [4.78, 5) is 39.3. The lowest BCUT2D eigenvalue weighted by atomic mass is 9.83. The molecule has 1 aromatic rings. The van der Waals surface area contributed by atoms with Crippen molar-refractivity contribution in [2.24, 2.45) is 5.92 Å². The third kappa shape index (κ3) is 4.39. The van der Waals surface area contributed by atoms with Gasteiger partial charge in [-0.25, -0.2) is 4.39 Å². The van der Waals surface area contributed by atoms with Gasteiger partial charge < -0.3 is 14.9 Å². The van der Waals surface area contributed by atoms with Gasteiger partial charge in [0, 0.05) is 20.1 Å². The van der Waals surface area contributed by atoms with Crippen LogP contribution >= 0.6 is 0 Å². The second-order valence-electron chi connectivity index (χ2n) is 7.31. The van der Waals surface area contributed by atoms with Gasteiger partial charge in [0.1, 0.15) is 5.82 Å². The van der Waals surface area contributed by atoms with E-state index in [1.165, 1.54) is 21.9 Å². The Morgan fingerprint density at radius 3 is 2.46 bits per heavy atom. The summed E-state index contributed by atoms with van der Waals surface area (Å²) in [7, 11) is 1.55. The number of hydrogen-bond donors (Lipinski definition) is 1. The van der Waals surface area contributed by atoms with E-state index in [0.29, 0.717) is 24.9 Å². The Bertz CT molecular complexity index is 687. The van der Waals surface area contributed by atoms with Gasteiger partial charge in [-0.15, -0.1) is 0 Å². The maximum atomic E-state index is 13.1. The second-order valence-corrected chi connectivity index (χ2v) is 7.31. The number of carbonyl (C=O) groups is 3. The number of likely N-dealkylation sites (tertiary alicyclic amines) is 1. The van der Waals surface area contributed by atoms with Crippen molar-refractivity contribution in [2.75, 3.05) is 26.7 Å². The molecule has 1 atom stereocenters. The van der Waals surface area contributed by atoms with Crippen LogP contribution in [0.15, 0.2) is 24.3 Å². The van der Waals surface area contributed by atoms with Crippen molar-refractivity contribution in [3.05, 3.63) is 35.6 Å². The minimum absolute atomic E-state index is 0.115. The molecule has 1 heterocycles. The summed E-state index contributed by atoms with van der Waals surface area (Å²) < 4.78 is 13.1. The number of benzene rings is 1. The van der Waals surface area contributed by atoms with Gasteiger partial charge in [0.25, 0.3) is 0 Å². The van der Waals surface area contributed by atoms with Gasteiger partial charge in [-0.05, 0) is 44.4 Å². The molecule has 1 N–H and O–H groups in total. The quantitative estimate of drug-likeness (QED) is 0.865. The normalized spacial score (nSPS) is 17.7. The molecular formula is C19H25FN2O4. The third-order valence-electron chi connectivity index (χ3n) is 4.94. The van der Waals surface area contributed by atoms with E-state index in [1.54, 1.807) is 33.0 Å². The summed E-state index contributed by atoms with van der Waals surface area (Å²) in [6.45, 7) is 4.02. The van der Waals surface area contributed by atoms with Gasteiger partial charge in [0.15, 0.2) is 0 Å². The molecule has 0 spiro atoms. The monoisotopic (exact) mass is 364 g/mol. The molecule has 2 amide bonds. The molecule has 0 bridgehead atoms. The van der Waals surface area contributed by atoms with Crippen LogP contribution in [0.2, 0.25) is 0 Å². The zero-order chi connectivity index (χ0) is 19.5. The Balaban J connectivity index is 2.02. The minimum Gasteiger partial charge on any atom is -0.481 e. The fourth-order valence-electron chi connectivity index (χ4n) is 3.25. The molecule has 1 saturated heterocycles. The Morgan fingerprint density at radius 1 is 1.27 bits per heavy atom. The highest BCUT2D eigenvalue weighted by molar-refractivity contribution is 5.91. The molecule has 6 nitrogen and oxygen atoms in total. The van der Waals surface area contributed by atoms with Crippen LogP contribution in [-0.4, -0.2) is 59.4 Å². The second kappa shape index (κ2) is 7.85. The maximum absolute atomic E-state index is 13.1. The summed E-state index contributed by atoms with van der Waals surface area (Å²) in [5.41, 5.74) is -0.249. The number of piperidine rings is 1. The molecule has 1 fully saturated rings. The van der Waals surface area contributed by atoms with Crippen LogP contribution in [0.3, 0.4) is 0 Å². The molecule has 1 aliphatic heterocycles. The van der Waals surface area contributed by atoms with Crippen LogP contribution < -0.4 is 0 Å². The van der Waals surface area contributed by atoms with Crippen LogP contribution in [-0.2, 0) is 19.8 Å². The van der Waals surface area contributed by atoms with Crippen molar-refractivity contribution in [3.63, 3.8) is 0 Å². The van der Waals surface area contributed by atoms with Crippen LogP contribution in [0.4, 0.5) is 4.39 Å². The maximum Gasteiger partial charge on any atom is 0.308 e. The number of carbonyl (C=O) groups excluding carboxylic acids is 2. The van der Waals surface area contributed by atoms with Gasteiger partial charge >= 0.3 is 5.97 Å². The molecule has 1 unspecified atom stereocenters. The van der Waals surface area contributed by atoms with Gasteiger partial charge in [-0.1, -0.05) is 12.1 Å². The summed E-state index contributed by atoms with van der Waals surface area (Å²) in [6, 6.07) is 5.72. The first kappa shape index (κ1) is 19.9. The van der Waals surface area contributed by atoms with Crippen LogP contribution in [0.25, 0.3) is 0 Å². The lowest BCUT2D eigenvalue weighted by Gasteiger charge is -2.34. The highest BCUT2D eigenvalue weighted by atomic mass is 19.1. The smallest absolute Gasteiger partial charge is 0.308 e. The Kier molecular flexibility index (Phi) is 6.00. The molecule has 0 saturated carbocycles. The van der Waals surface area contributed by atoms with E-state index >= 15 is 0 Å². The van der Waals surface area contributed by atoms with Crippen molar-refractivity contribution in [1.29, 1.82) is 0 Å². The van der Waals surface area contributed by atoms with E-state index < -0.39 is 17.3 Å². The average Bonchev–Trinajstić information content (AvgIpc) is 2.61. The van der Waals surface area contributed by atoms with E-state index in [-0.39, 0.29) is 30.7 Å².